The first kappa shape index (κ1) is 29.3. The molecular formula is C26H31F3N2O6S. The number of benzene rings is 2. The maximum atomic E-state index is 13.6. The van der Waals surface area contributed by atoms with E-state index in [0.717, 1.165) is 19.2 Å². The van der Waals surface area contributed by atoms with Crippen molar-refractivity contribution in [3.05, 3.63) is 58.7 Å². The van der Waals surface area contributed by atoms with E-state index in [-0.39, 0.29) is 28.1 Å². The molecule has 2 aromatic rings. The molecule has 0 aliphatic carbocycles. The maximum Gasteiger partial charge on any atom is 0.416 e. The van der Waals surface area contributed by atoms with Crippen molar-refractivity contribution in [2.75, 3.05) is 18.4 Å². The summed E-state index contributed by atoms with van der Waals surface area (Å²) >= 11 is 0. The number of esters is 1. The van der Waals surface area contributed by atoms with E-state index in [1.54, 1.807) is 27.7 Å². The summed E-state index contributed by atoms with van der Waals surface area (Å²) in [4.78, 5) is 26.0. The van der Waals surface area contributed by atoms with Crippen LogP contribution in [-0.4, -0.2) is 44.6 Å². The Bertz CT molecular complexity index is 1320. The quantitative estimate of drug-likeness (QED) is 0.443. The van der Waals surface area contributed by atoms with Crippen LogP contribution in [0.1, 0.15) is 73.6 Å². The van der Waals surface area contributed by atoms with E-state index in [9.17, 15) is 31.2 Å². The molecule has 2 aromatic carbocycles. The van der Waals surface area contributed by atoms with E-state index in [1.807, 2.05) is 0 Å². The largest absolute Gasteiger partial charge is 0.465 e. The number of carbonyl (C=O) groups excluding carboxylic acids is 2. The van der Waals surface area contributed by atoms with Crippen molar-refractivity contribution in [2.45, 2.75) is 69.7 Å². The normalized spacial score (nSPS) is 16.3. The van der Waals surface area contributed by atoms with E-state index >= 15 is 0 Å². The Morgan fingerprint density at radius 3 is 2.37 bits per heavy atom. The van der Waals surface area contributed by atoms with Crippen LogP contribution in [0.4, 0.5) is 23.7 Å². The zero-order chi connectivity index (χ0) is 28.5. The number of carbonyl (C=O) groups is 2. The topological polar surface area (TPSA) is 102 Å². The van der Waals surface area contributed by atoms with E-state index in [1.165, 1.54) is 23.1 Å². The Morgan fingerprint density at radius 1 is 1.11 bits per heavy atom. The molecule has 0 spiro atoms. The summed E-state index contributed by atoms with van der Waals surface area (Å²) in [6.45, 7) is 7.09. The molecule has 1 amide bonds. The highest BCUT2D eigenvalue weighted by molar-refractivity contribution is 7.92. The molecule has 1 N–H and O–H groups in total. The first-order chi connectivity index (χ1) is 17.6. The molecule has 8 nitrogen and oxygen atoms in total. The maximum absolute atomic E-state index is 13.6. The average molecular weight is 557 g/mol. The molecule has 38 heavy (non-hydrogen) atoms. The number of nitrogens with one attached hydrogen (secondary N) is 1. The lowest BCUT2D eigenvalue weighted by molar-refractivity contribution is -0.137. The second kappa shape index (κ2) is 10.8. The van der Waals surface area contributed by atoms with Crippen LogP contribution in [0.2, 0.25) is 0 Å². The summed E-state index contributed by atoms with van der Waals surface area (Å²) < 4.78 is 80.3. The second-order valence-corrected chi connectivity index (χ2v) is 11.6. The third-order valence-electron chi connectivity index (χ3n) is 6.02. The number of ether oxygens (including phenoxy) is 2. The number of hydrogen-bond donors (Lipinski definition) is 1. The Morgan fingerprint density at radius 2 is 1.79 bits per heavy atom. The van der Waals surface area contributed by atoms with Gasteiger partial charge in [0, 0.05) is 6.54 Å². The van der Waals surface area contributed by atoms with Gasteiger partial charge in [-0.3, -0.25) is 4.72 Å². The molecule has 0 bridgehead atoms. The van der Waals surface area contributed by atoms with Crippen LogP contribution in [0.5, 0.6) is 0 Å². The molecule has 12 heteroatoms. The lowest BCUT2D eigenvalue weighted by Crippen LogP contribution is -2.36. The van der Waals surface area contributed by atoms with E-state index in [4.69, 9.17) is 4.74 Å². The molecular weight excluding hydrogens is 525 g/mol. The van der Waals surface area contributed by atoms with Crippen LogP contribution in [0.15, 0.2) is 41.3 Å². The number of aryl methyl sites for hydroxylation is 1. The van der Waals surface area contributed by atoms with Gasteiger partial charge in [-0.25, -0.2) is 18.0 Å². The van der Waals surface area contributed by atoms with E-state index < -0.39 is 45.5 Å². The lowest BCUT2D eigenvalue weighted by Gasteiger charge is -2.30. The number of nitrogens with zero attached hydrogens (tertiary/aromatic N) is 1. The van der Waals surface area contributed by atoms with Gasteiger partial charge in [0.2, 0.25) is 0 Å². The molecule has 1 unspecified atom stereocenters. The third kappa shape index (κ3) is 6.58. The Kier molecular flexibility index (Phi) is 8.35. The van der Waals surface area contributed by atoms with Crippen molar-refractivity contribution >= 4 is 27.8 Å². The summed E-state index contributed by atoms with van der Waals surface area (Å²) in [5, 5.41) is 0. The van der Waals surface area contributed by atoms with Gasteiger partial charge in [0.1, 0.15) is 5.60 Å². The highest BCUT2D eigenvalue weighted by atomic mass is 32.2. The molecule has 1 atom stereocenters. The molecule has 1 saturated heterocycles. The van der Waals surface area contributed by atoms with Gasteiger partial charge in [0.05, 0.1) is 34.9 Å². The summed E-state index contributed by atoms with van der Waals surface area (Å²) in [6, 6.07) is 6.04. The van der Waals surface area contributed by atoms with Gasteiger partial charge in [-0.1, -0.05) is 19.1 Å². The van der Waals surface area contributed by atoms with Gasteiger partial charge in [0.25, 0.3) is 10.0 Å². The highest BCUT2D eigenvalue weighted by Crippen LogP contribution is 2.41. The number of likely N-dealkylation sites (tertiary alicyclic amines) is 1. The molecule has 1 aliphatic rings. The molecule has 3 rings (SSSR count). The first-order valence-electron chi connectivity index (χ1n) is 12.0. The monoisotopic (exact) mass is 556 g/mol. The van der Waals surface area contributed by atoms with Gasteiger partial charge >= 0.3 is 18.2 Å². The Labute approximate surface area is 220 Å². The summed E-state index contributed by atoms with van der Waals surface area (Å²) in [7, 11) is -3.31. The van der Waals surface area contributed by atoms with Crippen molar-refractivity contribution in [2.24, 2.45) is 0 Å². The van der Waals surface area contributed by atoms with Crippen molar-refractivity contribution in [1.29, 1.82) is 0 Å². The smallest absolute Gasteiger partial charge is 0.416 e. The number of methoxy groups -OCH3 is 1. The Balaban J connectivity index is 2.11. The average Bonchev–Trinajstić information content (AvgIpc) is 3.31. The molecule has 1 aliphatic heterocycles. The summed E-state index contributed by atoms with van der Waals surface area (Å²) in [5.41, 5.74) is -1.63. The number of amides is 1. The molecule has 1 fully saturated rings. The van der Waals surface area contributed by atoms with Gasteiger partial charge in [0.15, 0.2) is 0 Å². The fraction of sp³-hybridized carbons (Fsp3) is 0.462. The minimum absolute atomic E-state index is 0.0266. The minimum atomic E-state index is -4.74. The second-order valence-electron chi connectivity index (χ2n) is 9.90. The molecule has 0 radical (unpaired) electrons. The predicted octanol–water partition coefficient (Wildman–Crippen LogP) is 5.93. The van der Waals surface area contributed by atoms with Crippen LogP contribution in [0.3, 0.4) is 0 Å². The number of alkyl halides is 3. The summed E-state index contributed by atoms with van der Waals surface area (Å²) in [6.07, 6.45) is -4.15. The number of halogens is 3. The molecule has 0 aromatic heterocycles. The molecule has 208 valence electrons. The summed E-state index contributed by atoms with van der Waals surface area (Å²) in [5.74, 6) is -0.761. The van der Waals surface area contributed by atoms with Crippen LogP contribution < -0.4 is 4.72 Å². The van der Waals surface area contributed by atoms with Gasteiger partial charge in [-0.05, 0) is 75.4 Å². The van der Waals surface area contributed by atoms with Gasteiger partial charge < -0.3 is 14.4 Å². The lowest BCUT2D eigenvalue weighted by atomic mass is 10.0. The Hall–Kier alpha value is -3.28. The van der Waals surface area contributed by atoms with Crippen molar-refractivity contribution in [3.8, 4) is 0 Å². The van der Waals surface area contributed by atoms with E-state index in [0.29, 0.717) is 31.0 Å². The van der Waals surface area contributed by atoms with Crippen LogP contribution in [0.25, 0.3) is 0 Å². The van der Waals surface area contributed by atoms with Crippen molar-refractivity contribution < 1.29 is 40.7 Å². The van der Waals surface area contributed by atoms with Crippen LogP contribution in [-0.2, 0) is 32.1 Å². The fourth-order valence-electron chi connectivity index (χ4n) is 4.28. The van der Waals surface area contributed by atoms with Gasteiger partial charge in [-0.2, -0.15) is 13.2 Å². The number of sulfonamides is 1. The zero-order valence-corrected chi connectivity index (χ0v) is 22.6. The highest BCUT2D eigenvalue weighted by Gasteiger charge is 2.37. The fourth-order valence-corrected chi connectivity index (χ4v) is 5.70. The minimum Gasteiger partial charge on any atom is -0.465 e. The van der Waals surface area contributed by atoms with Gasteiger partial charge in [-0.15, -0.1) is 0 Å². The number of rotatable bonds is 6. The zero-order valence-electron chi connectivity index (χ0n) is 21.8. The molecule has 0 saturated carbocycles. The SMILES string of the molecule is CCc1ccc(C(=O)OC)cc1S(=O)(=O)Nc1cc(C(F)(F)F)ccc1C1CCCN1C(=O)OC(C)(C)C. The number of anilines is 1. The van der Waals surface area contributed by atoms with Crippen LogP contribution in [0, 0.1) is 0 Å². The molecule has 1 heterocycles. The van der Waals surface area contributed by atoms with Crippen molar-refractivity contribution in [3.63, 3.8) is 0 Å². The van der Waals surface area contributed by atoms with E-state index in [2.05, 4.69) is 9.46 Å². The number of hydrogen-bond acceptors (Lipinski definition) is 6. The predicted molar refractivity (Wildman–Crippen MR) is 134 cm³/mol. The third-order valence-corrected chi connectivity index (χ3v) is 7.47. The standard InChI is InChI=1S/C26H31F3N2O6S/c1-6-16-9-10-17(23(32)36-5)14-22(16)38(34,35)30-20-15-18(26(27,28)29)11-12-19(20)21-8-7-13-31(21)24(33)37-25(2,3)4/h9-12,14-15,21,30H,6-8,13H2,1-5H3. The first-order valence-corrected chi connectivity index (χ1v) is 13.5. The van der Waals surface area contributed by atoms with Crippen LogP contribution >= 0.6 is 0 Å². The van der Waals surface area contributed by atoms with Crippen molar-refractivity contribution in [1.82, 2.24) is 4.90 Å².